The quantitative estimate of drug-likeness (QED) is 0.892. The number of hydrogen-bond acceptors (Lipinski definition) is 1. The van der Waals surface area contributed by atoms with E-state index in [4.69, 9.17) is 11.6 Å². The van der Waals surface area contributed by atoms with Crippen LogP contribution < -0.4 is 5.32 Å². The minimum atomic E-state index is -0.117. The van der Waals surface area contributed by atoms with E-state index < -0.39 is 0 Å². The molecule has 1 N–H and O–H groups in total. The molecule has 92 valence electrons. The molecule has 18 heavy (non-hydrogen) atoms. The predicted molar refractivity (Wildman–Crippen MR) is 73.8 cm³/mol. The van der Waals surface area contributed by atoms with E-state index in [9.17, 15) is 4.79 Å². The molecule has 1 atom stereocenters. The van der Waals surface area contributed by atoms with Crippen LogP contribution in [0.2, 0.25) is 5.02 Å². The van der Waals surface area contributed by atoms with Crippen molar-refractivity contribution in [1.82, 2.24) is 5.32 Å². The van der Waals surface area contributed by atoms with Gasteiger partial charge in [-0.3, -0.25) is 4.79 Å². The van der Waals surface area contributed by atoms with Gasteiger partial charge in [0.05, 0.1) is 6.04 Å². The Morgan fingerprint density at radius 3 is 2.50 bits per heavy atom. The Labute approximate surface area is 112 Å². The second kappa shape index (κ2) is 5.69. The molecular formula is C15H14ClNO. The third-order valence-corrected chi connectivity index (χ3v) is 2.97. The fourth-order valence-electron chi connectivity index (χ4n) is 1.73. The van der Waals surface area contributed by atoms with Crippen molar-refractivity contribution in [2.45, 2.75) is 13.0 Å². The molecule has 0 unspecified atom stereocenters. The molecule has 0 heterocycles. The first kappa shape index (κ1) is 12.7. The third kappa shape index (κ3) is 3.11. The average molecular weight is 260 g/mol. The summed E-state index contributed by atoms with van der Waals surface area (Å²) in [4.78, 5) is 12.0. The summed E-state index contributed by atoms with van der Waals surface area (Å²) in [6.07, 6.45) is 0. The number of rotatable bonds is 3. The van der Waals surface area contributed by atoms with Crippen LogP contribution in [0.15, 0.2) is 54.6 Å². The first-order valence-electron chi connectivity index (χ1n) is 5.78. The summed E-state index contributed by atoms with van der Waals surface area (Å²) in [5.74, 6) is -0.117. The van der Waals surface area contributed by atoms with Gasteiger partial charge in [-0.1, -0.05) is 48.0 Å². The summed E-state index contributed by atoms with van der Waals surface area (Å²) in [5.41, 5.74) is 1.65. The van der Waals surface area contributed by atoms with Crippen LogP contribution in [0.4, 0.5) is 0 Å². The summed E-state index contributed by atoms with van der Waals surface area (Å²) in [6, 6.07) is 16.7. The van der Waals surface area contributed by atoms with E-state index >= 15 is 0 Å². The Hall–Kier alpha value is -1.80. The van der Waals surface area contributed by atoms with E-state index in [1.807, 2.05) is 37.3 Å². The van der Waals surface area contributed by atoms with Crippen molar-refractivity contribution in [3.05, 3.63) is 70.7 Å². The second-order valence-corrected chi connectivity index (χ2v) is 4.55. The highest BCUT2D eigenvalue weighted by molar-refractivity contribution is 6.30. The largest absolute Gasteiger partial charge is 0.346 e. The topological polar surface area (TPSA) is 29.1 Å². The molecule has 0 aliphatic heterocycles. The van der Waals surface area contributed by atoms with E-state index in [0.29, 0.717) is 10.6 Å². The standard InChI is InChI=1S/C15H14ClNO/c1-11(12-6-3-2-4-7-12)17-15(18)13-8-5-9-14(16)10-13/h2-11H,1H3,(H,17,18)/t11-/m0/s1. The van der Waals surface area contributed by atoms with Gasteiger partial charge < -0.3 is 5.32 Å². The molecule has 0 fully saturated rings. The van der Waals surface area contributed by atoms with Crippen molar-refractivity contribution in [2.75, 3.05) is 0 Å². The number of halogens is 1. The van der Waals surface area contributed by atoms with E-state index in [2.05, 4.69) is 5.32 Å². The van der Waals surface area contributed by atoms with Crippen molar-refractivity contribution in [1.29, 1.82) is 0 Å². The summed E-state index contributed by atoms with van der Waals surface area (Å²) in [6.45, 7) is 1.96. The molecule has 0 saturated carbocycles. The Kier molecular flexibility index (Phi) is 4.00. The highest BCUT2D eigenvalue weighted by atomic mass is 35.5. The highest BCUT2D eigenvalue weighted by Gasteiger charge is 2.11. The van der Waals surface area contributed by atoms with Crippen molar-refractivity contribution in [3.8, 4) is 0 Å². The molecule has 2 aromatic rings. The van der Waals surface area contributed by atoms with Crippen LogP contribution in [-0.4, -0.2) is 5.91 Å². The second-order valence-electron chi connectivity index (χ2n) is 4.12. The number of benzene rings is 2. The Morgan fingerprint density at radius 2 is 1.83 bits per heavy atom. The Balaban J connectivity index is 2.08. The first-order chi connectivity index (χ1) is 8.66. The van der Waals surface area contributed by atoms with Gasteiger partial charge in [-0.05, 0) is 30.7 Å². The number of carbonyl (C=O) groups is 1. The summed E-state index contributed by atoms with van der Waals surface area (Å²) in [7, 11) is 0. The first-order valence-corrected chi connectivity index (χ1v) is 6.16. The zero-order valence-corrected chi connectivity index (χ0v) is 10.8. The molecule has 0 radical (unpaired) electrons. The monoisotopic (exact) mass is 259 g/mol. The maximum Gasteiger partial charge on any atom is 0.251 e. The summed E-state index contributed by atoms with van der Waals surface area (Å²) < 4.78 is 0. The molecule has 0 spiro atoms. The van der Waals surface area contributed by atoms with E-state index in [0.717, 1.165) is 5.56 Å². The van der Waals surface area contributed by atoms with Gasteiger partial charge >= 0.3 is 0 Å². The van der Waals surface area contributed by atoms with Crippen LogP contribution in [0, 0.1) is 0 Å². The van der Waals surface area contributed by atoms with Crippen LogP contribution in [0.3, 0.4) is 0 Å². The smallest absolute Gasteiger partial charge is 0.251 e. The molecule has 0 aromatic heterocycles. The van der Waals surface area contributed by atoms with Crippen molar-refractivity contribution in [3.63, 3.8) is 0 Å². The minimum Gasteiger partial charge on any atom is -0.346 e. The zero-order chi connectivity index (χ0) is 13.0. The fourth-order valence-corrected chi connectivity index (χ4v) is 1.93. The summed E-state index contributed by atoms with van der Waals surface area (Å²) >= 11 is 5.86. The van der Waals surface area contributed by atoms with Gasteiger partial charge in [0.2, 0.25) is 0 Å². The lowest BCUT2D eigenvalue weighted by atomic mass is 10.1. The molecule has 3 heteroatoms. The maximum atomic E-state index is 12.0. The van der Waals surface area contributed by atoms with Crippen LogP contribution in [0.1, 0.15) is 28.9 Å². The van der Waals surface area contributed by atoms with Crippen molar-refractivity contribution < 1.29 is 4.79 Å². The van der Waals surface area contributed by atoms with E-state index in [1.54, 1.807) is 24.3 Å². The number of amides is 1. The van der Waals surface area contributed by atoms with Gasteiger partial charge in [0.15, 0.2) is 0 Å². The van der Waals surface area contributed by atoms with Gasteiger partial charge in [0, 0.05) is 10.6 Å². The molecule has 0 aliphatic rings. The number of carbonyl (C=O) groups excluding carboxylic acids is 1. The maximum absolute atomic E-state index is 12.0. The predicted octanol–water partition coefficient (Wildman–Crippen LogP) is 3.83. The lowest BCUT2D eigenvalue weighted by Crippen LogP contribution is -2.26. The van der Waals surface area contributed by atoms with Crippen LogP contribution in [0.5, 0.6) is 0 Å². The van der Waals surface area contributed by atoms with Gasteiger partial charge in [0.1, 0.15) is 0 Å². The van der Waals surface area contributed by atoms with Gasteiger partial charge in [-0.2, -0.15) is 0 Å². The van der Waals surface area contributed by atoms with Crippen LogP contribution >= 0.6 is 11.6 Å². The Bertz CT molecular complexity index is 539. The molecule has 2 nitrogen and oxygen atoms in total. The van der Waals surface area contributed by atoms with Crippen LogP contribution in [-0.2, 0) is 0 Å². The van der Waals surface area contributed by atoms with Gasteiger partial charge in [0.25, 0.3) is 5.91 Å². The third-order valence-electron chi connectivity index (χ3n) is 2.73. The van der Waals surface area contributed by atoms with Crippen molar-refractivity contribution >= 4 is 17.5 Å². The normalized spacial score (nSPS) is 11.9. The molecule has 1 amide bonds. The average Bonchev–Trinajstić information content (AvgIpc) is 2.39. The molecule has 0 bridgehead atoms. The molecule has 2 aromatic carbocycles. The van der Waals surface area contributed by atoms with Crippen molar-refractivity contribution in [2.24, 2.45) is 0 Å². The molecular weight excluding hydrogens is 246 g/mol. The number of hydrogen-bond donors (Lipinski definition) is 1. The molecule has 0 saturated heterocycles. The SMILES string of the molecule is C[C@H](NC(=O)c1cccc(Cl)c1)c1ccccc1. The lowest BCUT2D eigenvalue weighted by molar-refractivity contribution is 0.0940. The lowest BCUT2D eigenvalue weighted by Gasteiger charge is -2.14. The number of nitrogens with one attached hydrogen (secondary N) is 1. The van der Waals surface area contributed by atoms with E-state index in [-0.39, 0.29) is 11.9 Å². The van der Waals surface area contributed by atoms with E-state index in [1.165, 1.54) is 0 Å². The van der Waals surface area contributed by atoms with Crippen LogP contribution in [0.25, 0.3) is 0 Å². The van der Waals surface area contributed by atoms with Gasteiger partial charge in [-0.15, -0.1) is 0 Å². The van der Waals surface area contributed by atoms with Gasteiger partial charge in [-0.25, -0.2) is 0 Å². The zero-order valence-electron chi connectivity index (χ0n) is 10.1. The fraction of sp³-hybridized carbons (Fsp3) is 0.133. The molecule has 2 rings (SSSR count). The molecule has 0 aliphatic carbocycles. The minimum absolute atomic E-state index is 0.0299. The highest BCUT2D eigenvalue weighted by Crippen LogP contribution is 2.14. The Morgan fingerprint density at radius 1 is 1.11 bits per heavy atom. The summed E-state index contributed by atoms with van der Waals surface area (Å²) in [5, 5.41) is 3.51.